The summed E-state index contributed by atoms with van der Waals surface area (Å²) in [6, 6.07) is 0. The highest BCUT2D eigenvalue weighted by molar-refractivity contribution is 7.71. The van der Waals surface area contributed by atoms with Gasteiger partial charge in [-0.2, -0.15) is 0 Å². The van der Waals surface area contributed by atoms with Gasteiger partial charge in [0.15, 0.2) is 21.9 Å². The molecular weight excluding hydrogens is 332 g/mol. The lowest BCUT2D eigenvalue weighted by atomic mass is 9.83. The Morgan fingerprint density at radius 2 is 1.91 bits per heavy atom. The fraction of sp³-hybridized carbons (Fsp3) is 0.273. The molecule has 11 nitrogen and oxygen atoms in total. The van der Waals surface area contributed by atoms with Crippen molar-refractivity contribution in [2.75, 3.05) is 0 Å². The average molecular weight is 342 g/mol. The van der Waals surface area contributed by atoms with E-state index < -0.39 is 41.7 Å². The molecule has 12 heteroatoms. The number of carboxylic acid groups (broad SMARTS) is 3. The van der Waals surface area contributed by atoms with E-state index in [4.69, 9.17) is 22.4 Å². The molecule has 0 amide bonds. The highest BCUT2D eigenvalue weighted by Gasteiger charge is 2.52. The van der Waals surface area contributed by atoms with Crippen molar-refractivity contribution in [1.82, 2.24) is 19.9 Å². The van der Waals surface area contributed by atoms with E-state index in [2.05, 4.69) is 19.9 Å². The van der Waals surface area contributed by atoms with Crippen LogP contribution >= 0.6 is 12.2 Å². The summed E-state index contributed by atoms with van der Waals surface area (Å²) >= 11 is 4.83. The van der Waals surface area contributed by atoms with Crippen LogP contribution in [0.15, 0.2) is 6.20 Å². The Kier molecular flexibility index (Phi) is 4.12. The molecule has 2 aromatic rings. The van der Waals surface area contributed by atoms with Gasteiger partial charge in [0, 0.05) is 0 Å². The highest BCUT2D eigenvalue weighted by Crippen LogP contribution is 2.31. The number of hydrogen-bond donors (Lipinski definition) is 6. The number of imidazole rings is 1. The number of hydrogen-bond acceptors (Lipinski definition) is 7. The van der Waals surface area contributed by atoms with Crippen LogP contribution < -0.4 is 0 Å². The topological polar surface area (TPSA) is 189 Å². The molecule has 23 heavy (non-hydrogen) atoms. The molecule has 0 saturated carbocycles. The predicted octanol–water partition coefficient (Wildman–Crippen LogP) is -0.526. The Hall–Kier alpha value is -2.86. The lowest BCUT2D eigenvalue weighted by Gasteiger charge is -2.27. The SMILES string of the molecule is O=C(O)CC(O)(C(=O)O)C(C(=O)O)c1ncc2[nH]c(=S)[nH]c2n1. The first-order valence-corrected chi connectivity index (χ1v) is 6.41. The minimum absolute atomic E-state index is 0.0920. The summed E-state index contributed by atoms with van der Waals surface area (Å²) in [6.07, 6.45) is -0.202. The van der Waals surface area contributed by atoms with Crippen LogP contribution in [-0.2, 0) is 14.4 Å². The van der Waals surface area contributed by atoms with Crippen LogP contribution in [0.3, 0.4) is 0 Å². The zero-order valence-corrected chi connectivity index (χ0v) is 12.0. The van der Waals surface area contributed by atoms with E-state index >= 15 is 0 Å². The molecule has 2 rings (SSSR count). The summed E-state index contributed by atoms with van der Waals surface area (Å²) in [6.45, 7) is 0. The van der Waals surface area contributed by atoms with Gasteiger partial charge in [-0.25, -0.2) is 14.8 Å². The van der Waals surface area contributed by atoms with Crippen LogP contribution in [0.4, 0.5) is 0 Å². The zero-order valence-electron chi connectivity index (χ0n) is 11.2. The third kappa shape index (κ3) is 3.02. The molecule has 2 atom stereocenters. The van der Waals surface area contributed by atoms with Crippen molar-refractivity contribution in [2.45, 2.75) is 17.9 Å². The lowest BCUT2D eigenvalue weighted by molar-refractivity contribution is -0.173. The van der Waals surface area contributed by atoms with Gasteiger partial charge in [-0.1, -0.05) is 0 Å². The second kappa shape index (κ2) is 5.73. The minimum atomic E-state index is -3.13. The number of aromatic amines is 2. The van der Waals surface area contributed by atoms with Crippen molar-refractivity contribution >= 4 is 41.3 Å². The Morgan fingerprint density at radius 1 is 1.26 bits per heavy atom. The molecule has 0 aliphatic carbocycles. The third-order valence-electron chi connectivity index (χ3n) is 3.06. The van der Waals surface area contributed by atoms with E-state index in [1.165, 1.54) is 0 Å². The van der Waals surface area contributed by atoms with Gasteiger partial charge < -0.3 is 30.4 Å². The van der Waals surface area contributed by atoms with Gasteiger partial charge in [0.05, 0.1) is 12.6 Å². The number of fused-ring (bicyclic) bond motifs is 1. The molecule has 0 aliphatic rings. The number of carboxylic acids is 3. The van der Waals surface area contributed by atoms with E-state index in [0.29, 0.717) is 5.52 Å². The second-order valence-electron chi connectivity index (χ2n) is 4.64. The number of nitrogens with zero attached hydrogens (tertiary/aromatic N) is 2. The quantitative estimate of drug-likeness (QED) is 0.372. The first-order chi connectivity index (χ1) is 10.6. The molecule has 2 heterocycles. The number of aromatic nitrogens is 4. The van der Waals surface area contributed by atoms with Crippen molar-refractivity contribution in [3.8, 4) is 0 Å². The number of H-pyrrole nitrogens is 2. The monoisotopic (exact) mass is 342 g/mol. The van der Waals surface area contributed by atoms with Crippen molar-refractivity contribution in [1.29, 1.82) is 0 Å². The average Bonchev–Trinajstić information content (AvgIpc) is 2.76. The zero-order chi connectivity index (χ0) is 17.4. The standard InChI is InChI=1S/C11H10N4O7S/c16-4(17)1-11(22,9(20)21)5(8(18)19)7-12-2-3-6(14-7)15-10(23)13-3/h2,5,22H,1H2,(H,16,17)(H,18,19)(H,20,21)(H2,12,13,14,15,23). The van der Waals surface area contributed by atoms with E-state index in [0.717, 1.165) is 6.20 Å². The van der Waals surface area contributed by atoms with Crippen molar-refractivity contribution in [3.63, 3.8) is 0 Å². The number of aliphatic hydroxyl groups is 1. The Bertz CT molecular complexity index is 859. The summed E-state index contributed by atoms with van der Waals surface area (Å²) in [5.74, 6) is -8.26. The fourth-order valence-corrected chi connectivity index (χ4v) is 2.25. The molecule has 2 aromatic heterocycles. The maximum Gasteiger partial charge on any atom is 0.337 e. The molecule has 0 radical (unpaired) electrons. The van der Waals surface area contributed by atoms with Gasteiger partial charge in [-0.05, 0) is 12.2 Å². The Labute approximate surface area is 131 Å². The van der Waals surface area contributed by atoms with Gasteiger partial charge in [0.1, 0.15) is 11.3 Å². The molecule has 0 aliphatic heterocycles. The second-order valence-corrected chi connectivity index (χ2v) is 5.05. The molecule has 0 spiro atoms. The van der Waals surface area contributed by atoms with Gasteiger partial charge >= 0.3 is 17.9 Å². The van der Waals surface area contributed by atoms with Crippen LogP contribution in [0.2, 0.25) is 0 Å². The molecule has 0 saturated heterocycles. The normalized spacial score (nSPS) is 15.0. The molecule has 2 unspecified atom stereocenters. The van der Waals surface area contributed by atoms with Crippen LogP contribution in [0, 0.1) is 4.77 Å². The predicted molar refractivity (Wildman–Crippen MR) is 74.3 cm³/mol. The molecular formula is C11H10N4O7S. The molecule has 0 bridgehead atoms. The largest absolute Gasteiger partial charge is 0.481 e. The molecule has 0 fully saturated rings. The van der Waals surface area contributed by atoms with Gasteiger partial charge in [-0.15, -0.1) is 0 Å². The number of carbonyl (C=O) groups is 3. The summed E-state index contributed by atoms with van der Waals surface area (Å²) in [4.78, 5) is 46.3. The van der Waals surface area contributed by atoms with Crippen LogP contribution in [0.5, 0.6) is 0 Å². The number of nitrogens with one attached hydrogen (secondary N) is 2. The van der Waals surface area contributed by atoms with Crippen molar-refractivity contribution in [2.24, 2.45) is 0 Å². The Morgan fingerprint density at radius 3 is 2.43 bits per heavy atom. The highest BCUT2D eigenvalue weighted by atomic mass is 32.1. The van der Waals surface area contributed by atoms with Crippen LogP contribution in [0.25, 0.3) is 11.2 Å². The Balaban J connectivity index is 2.62. The molecule has 122 valence electrons. The van der Waals surface area contributed by atoms with E-state index in [-0.39, 0.29) is 10.4 Å². The number of aliphatic carboxylic acids is 3. The van der Waals surface area contributed by atoms with Crippen molar-refractivity contribution in [3.05, 3.63) is 16.8 Å². The maximum absolute atomic E-state index is 11.4. The molecule has 0 aromatic carbocycles. The third-order valence-corrected chi connectivity index (χ3v) is 3.27. The lowest BCUT2D eigenvalue weighted by Crippen LogP contribution is -2.49. The minimum Gasteiger partial charge on any atom is -0.481 e. The van der Waals surface area contributed by atoms with E-state index in [1.807, 2.05) is 0 Å². The number of rotatable bonds is 6. The fourth-order valence-electron chi connectivity index (χ4n) is 2.04. The van der Waals surface area contributed by atoms with Crippen molar-refractivity contribution < 1.29 is 34.8 Å². The summed E-state index contributed by atoms with van der Waals surface area (Å²) in [7, 11) is 0. The smallest absolute Gasteiger partial charge is 0.337 e. The van der Waals surface area contributed by atoms with Gasteiger partial charge in [0.25, 0.3) is 0 Å². The summed E-state index contributed by atoms with van der Waals surface area (Å²) in [5.41, 5.74) is -2.70. The maximum atomic E-state index is 11.4. The summed E-state index contributed by atoms with van der Waals surface area (Å²) < 4.78 is 0.178. The first kappa shape index (κ1) is 16.5. The molecule has 6 N–H and O–H groups in total. The van der Waals surface area contributed by atoms with Crippen LogP contribution in [-0.4, -0.2) is 63.9 Å². The van der Waals surface area contributed by atoms with E-state index in [1.54, 1.807) is 0 Å². The van der Waals surface area contributed by atoms with Gasteiger partial charge in [0.2, 0.25) is 0 Å². The van der Waals surface area contributed by atoms with E-state index in [9.17, 15) is 24.6 Å². The summed E-state index contributed by atoms with van der Waals surface area (Å²) in [5, 5.41) is 37.3. The van der Waals surface area contributed by atoms with Crippen LogP contribution in [0.1, 0.15) is 18.2 Å². The first-order valence-electron chi connectivity index (χ1n) is 6.00. The van der Waals surface area contributed by atoms with Gasteiger partial charge in [-0.3, -0.25) is 9.59 Å².